The molecule has 0 aromatic carbocycles. The molecular formula is C11H20N4O. The molecule has 5 nitrogen and oxygen atoms in total. The van der Waals surface area contributed by atoms with Crippen LogP contribution in [0, 0.1) is 0 Å². The quantitative estimate of drug-likeness (QED) is 0.617. The summed E-state index contributed by atoms with van der Waals surface area (Å²) in [5, 5.41) is 12.3. The number of rotatable bonds is 7. The van der Waals surface area contributed by atoms with Crippen LogP contribution in [0.2, 0.25) is 0 Å². The summed E-state index contributed by atoms with van der Waals surface area (Å²) in [7, 11) is 0. The summed E-state index contributed by atoms with van der Waals surface area (Å²) in [5.41, 5.74) is 6.62. The lowest BCUT2D eigenvalue weighted by molar-refractivity contribution is 0.255. The van der Waals surface area contributed by atoms with Gasteiger partial charge in [0.1, 0.15) is 6.33 Å². The number of hydrogen-bond donors (Lipinski definition) is 3. The van der Waals surface area contributed by atoms with E-state index >= 15 is 0 Å². The van der Waals surface area contributed by atoms with Gasteiger partial charge in [-0.1, -0.05) is 6.92 Å². The molecule has 1 rings (SSSR count). The molecule has 0 saturated carbocycles. The van der Waals surface area contributed by atoms with E-state index in [1.165, 1.54) is 6.33 Å². The molecule has 2 unspecified atom stereocenters. The molecule has 1 aromatic heterocycles. The summed E-state index contributed by atoms with van der Waals surface area (Å²) in [6.45, 7) is 2.76. The van der Waals surface area contributed by atoms with Gasteiger partial charge in [-0.05, 0) is 18.9 Å². The van der Waals surface area contributed by atoms with Crippen LogP contribution >= 0.6 is 0 Å². The maximum absolute atomic E-state index is 8.93. The van der Waals surface area contributed by atoms with Crippen molar-refractivity contribution in [3.8, 4) is 0 Å². The monoisotopic (exact) mass is 224 g/mol. The smallest absolute Gasteiger partial charge is 0.115 e. The molecule has 0 amide bonds. The van der Waals surface area contributed by atoms with Crippen LogP contribution in [0.25, 0.3) is 0 Å². The Balaban J connectivity index is 2.61. The van der Waals surface area contributed by atoms with Crippen molar-refractivity contribution in [3.63, 3.8) is 0 Å². The van der Waals surface area contributed by atoms with Crippen LogP contribution < -0.4 is 11.1 Å². The number of aromatic nitrogens is 2. The summed E-state index contributed by atoms with van der Waals surface area (Å²) in [6.07, 6.45) is 4.92. The van der Waals surface area contributed by atoms with Gasteiger partial charge in [-0.15, -0.1) is 0 Å². The number of hydrogen-bond acceptors (Lipinski definition) is 5. The lowest BCUT2D eigenvalue weighted by atomic mass is 10.1. The van der Waals surface area contributed by atoms with E-state index in [-0.39, 0.29) is 18.7 Å². The van der Waals surface area contributed by atoms with Crippen LogP contribution in [-0.4, -0.2) is 34.3 Å². The van der Waals surface area contributed by atoms with Gasteiger partial charge in [0, 0.05) is 25.4 Å². The molecule has 0 saturated heterocycles. The van der Waals surface area contributed by atoms with E-state index in [0.717, 1.165) is 18.5 Å². The lowest BCUT2D eigenvalue weighted by Gasteiger charge is -2.23. The Hall–Kier alpha value is -1.04. The van der Waals surface area contributed by atoms with Crippen molar-refractivity contribution < 1.29 is 5.11 Å². The summed E-state index contributed by atoms with van der Waals surface area (Å²) in [4.78, 5) is 8.06. The highest BCUT2D eigenvalue weighted by Crippen LogP contribution is 2.10. The van der Waals surface area contributed by atoms with Crippen molar-refractivity contribution in [2.75, 3.05) is 13.2 Å². The van der Waals surface area contributed by atoms with E-state index in [9.17, 15) is 0 Å². The first-order valence-electron chi connectivity index (χ1n) is 5.64. The molecule has 90 valence electrons. The third-order valence-electron chi connectivity index (χ3n) is 2.60. The van der Waals surface area contributed by atoms with Crippen molar-refractivity contribution >= 4 is 0 Å². The minimum atomic E-state index is 0.0273. The summed E-state index contributed by atoms with van der Waals surface area (Å²) >= 11 is 0. The molecule has 0 fully saturated rings. The predicted octanol–water partition coefficient (Wildman–Crippen LogP) is 0.227. The fourth-order valence-electron chi connectivity index (χ4n) is 1.63. The molecule has 2 atom stereocenters. The predicted molar refractivity (Wildman–Crippen MR) is 62.7 cm³/mol. The number of aliphatic hydroxyl groups is 1. The first-order valence-corrected chi connectivity index (χ1v) is 5.64. The lowest BCUT2D eigenvalue weighted by Crippen LogP contribution is -2.37. The average Bonchev–Trinajstić information content (AvgIpc) is 2.35. The minimum absolute atomic E-state index is 0.0273. The van der Waals surface area contributed by atoms with Gasteiger partial charge in [0.25, 0.3) is 0 Å². The Morgan fingerprint density at radius 1 is 1.56 bits per heavy atom. The SMILES string of the molecule is CCC(CCO)NC(CN)c1ccncn1. The van der Waals surface area contributed by atoms with Crippen molar-refractivity contribution in [1.82, 2.24) is 15.3 Å². The van der Waals surface area contributed by atoms with Gasteiger partial charge in [-0.2, -0.15) is 0 Å². The Labute approximate surface area is 96.1 Å². The zero-order valence-corrected chi connectivity index (χ0v) is 9.63. The number of aliphatic hydroxyl groups excluding tert-OH is 1. The molecule has 0 aliphatic heterocycles. The van der Waals surface area contributed by atoms with E-state index < -0.39 is 0 Å². The third kappa shape index (κ3) is 3.84. The molecule has 0 spiro atoms. The second-order valence-corrected chi connectivity index (χ2v) is 3.71. The highest BCUT2D eigenvalue weighted by atomic mass is 16.3. The van der Waals surface area contributed by atoms with E-state index in [0.29, 0.717) is 6.54 Å². The number of nitrogens with zero attached hydrogens (tertiary/aromatic N) is 2. The molecular weight excluding hydrogens is 204 g/mol. The number of nitrogens with two attached hydrogens (primary N) is 1. The van der Waals surface area contributed by atoms with Crippen LogP contribution in [0.5, 0.6) is 0 Å². The molecule has 1 aromatic rings. The first-order chi connectivity index (χ1) is 7.81. The molecule has 0 bridgehead atoms. The second kappa shape index (κ2) is 7.27. The van der Waals surface area contributed by atoms with Crippen molar-refractivity contribution in [3.05, 3.63) is 24.3 Å². The highest BCUT2D eigenvalue weighted by Gasteiger charge is 2.15. The van der Waals surface area contributed by atoms with Crippen LogP contribution in [0.4, 0.5) is 0 Å². The molecule has 0 radical (unpaired) electrons. The van der Waals surface area contributed by atoms with Gasteiger partial charge in [-0.25, -0.2) is 9.97 Å². The van der Waals surface area contributed by atoms with Gasteiger partial charge in [0.2, 0.25) is 0 Å². The zero-order valence-electron chi connectivity index (χ0n) is 9.63. The first kappa shape index (κ1) is 13.0. The van der Waals surface area contributed by atoms with Crippen LogP contribution in [-0.2, 0) is 0 Å². The second-order valence-electron chi connectivity index (χ2n) is 3.71. The topological polar surface area (TPSA) is 84.1 Å². The van der Waals surface area contributed by atoms with Crippen LogP contribution in [0.1, 0.15) is 31.5 Å². The Morgan fingerprint density at radius 2 is 2.38 bits per heavy atom. The van der Waals surface area contributed by atoms with Crippen LogP contribution in [0.15, 0.2) is 18.6 Å². The van der Waals surface area contributed by atoms with Crippen molar-refractivity contribution in [2.24, 2.45) is 5.73 Å². The fraction of sp³-hybridized carbons (Fsp3) is 0.636. The maximum atomic E-state index is 8.93. The Morgan fingerprint density at radius 3 is 2.88 bits per heavy atom. The standard InChI is InChI=1S/C11H20N4O/c1-2-9(4-6-16)15-11(7-12)10-3-5-13-8-14-10/h3,5,8-9,11,15-16H,2,4,6-7,12H2,1H3. The Bertz CT molecular complexity index is 281. The normalized spacial score (nSPS) is 14.7. The van der Waals surface area contributed by atoms with Gasteiger partial charge >= 0.3 is 0 Å². The van der Waals surface area contributed by atoms with E-state index in [2.05, 4.69) is 22.2 Å². The summed E-state index contributed by atoms with van der Waals surface area (Å²) < 4.78 is 0. The largest absolute Gasteiger partial charge is 0.396 e. The molecule has 0 aliphatic rings. The zero-order chi connectivity index (χ0) is 11.8. The Kier molecular flexibility index (Phi) is 5.92. The minimum Gasteiger partial charge on any atom is -0.396 e. The molecule has 16 heavy (non-hydrogen) atoms. The summed E-state index contributed by atoms with van der Waals surface area (Å²) in [5.74, 6) is 0. The van der Waals surface area contributed by atoms with Gasteiger partial charge in [0.15, 0.2) is 0 Å². The van der Waals surface area contributed by atoms with E-state index in [1.54, 1.807) is 6.20 Å². The van der Waals surface area contributed by atoms with Gasteiger partial charge in [-0.3, -0.25) is 0 Å². The van der Waals surface area contributed by atoms with Gasteiger partial charge in [0.05, 0.1) is 11.7 Å². The highest BCUT2D eigenvalue weighted by molar-refractivity contribution is 5.05. The average molecular weight is 224 g/mol. The van der Waals surface area contributed by atoms with E-state index in [1.807, 2.05) is 6.07 Å². The summed E-state index contributed by atoms with van der Waals surface area (Å²) in [6, 6.07) is 2.16. The van der Waals surface area contributed by atoms with Crippen molar-refractivity contribution in [1.29, 1.82) is 0 Å². The van der Waals surface area contributed by atoms with Crippen LogP contribution in [0.3, 0.4) is 0 Å². The van der Waals surface area contributed by atoms with E-state index in [4.69, 9.17) is 10.8 Å². The molecule has 1 heterocycles. The molecule has 0 aliphatic carbocycles. The number of nitrogens with one attached hydrogen (secondary N) is 1. The maximum Gasteiger partial charge on any atom is 0.115 e. The van der Waals surface area contributed by atoms with Crippen molar-refractivity contribution in [2.45, 2.75) is 31.8 Å². The fourth-order valence-corrected chi connectivity index (χ4v) is 1.63. The molecule has 5 heteroatoms. The third-order valence-corrected chi connectivity index (χ3v) is 2.60. The van der Waals surface area contributed by atoms with Gasteiger partial charge < -0.3 is 16.2 Å². The molecule has 4 N–H and O–H groups in total.